The SMILES string of the molecule is O=C1c2ccccc2C(=O)c2c1ccc1c2NC2(CCN(Cc3ccccc3)C2)N1. The fourth-order valence-corrected chi connectivity index (χ4v) is 5.02. The topological polar surface area (TPSA) is 61.4 Å². The van der Waals surface area contributed by atoms with E-state index in [4.69, 9.17) is 0 Å². The van der Waals surface area contributed by atoms with Gasteiger partial charge in [0, 0.05) is 42.7 Å². The summed E-state index contributed by atoms with van der Waals surface area (Å²) in [4.78, 5) is 28.7. The number of hydrogen-bond acceptors (Lipinski definition) is 5. The van der Waals surface area contributed by atoms with Gasteiger partial charge in [0.2, 0.25) is 0 Å². The molecule has 1 saturated heterocycles. The molecule has 1 spiro atoms. The van der Waals surface area contributed by atoms with Crippen molar-refractivity contribution in [1.82, 2.24) is 4.90 Å². The van der Waals surface area contributed by atoms with Crippen molar-refractivity contribution in [3.8, 4) is 0 Å². The zero-order valence-corrected chi connectivity index (χ0v) is 16.4. The molecule has 1 atom stereocenters. The number of nitrogens with zero attached hydrogens (tertiary/aromatic N) is 1. The van der Waals surface area contributed by atoms with E-state index in [9.17, 15) is 9.59 Å². The Kier molecular flexibility index (Phi) is 3.65. The fraction of sp³-hybridized carbons (Fsp3) is 0.200. The molecular formula is C25H21N3O2. The number of fused-ring (bicyclic) bond motifs is 4. The van der Waals surface area contributed by atoms with Crippen LogP contribution in [0.2, 0.25) is 0 Å². The molecule has 148 valence electrons. The summed E-state index contributed by atoms with van der Waals surface area (Å²) in [6.07, 6.45) is 0.919. The molecular weight excluding hydrogens is 374 g/mol. The molecule has 0 saturated carbocycles. The first kappa shape index (κ1) is 17.4. The van der Waals surface area contributed by atoms with Gasteiger partial charge in [-0.3, -0.25) is 14.5 Å². The first-order valence-corrected chi connectivity index (χ1v) is 10.3. The van der Waals surface area contributed by atoms with Gasteiger partial charge in [-0.25, -0.2) is 0 Å². The van der Waals surface area contributed by atoms with Gasteiger partial charge in [-0.1, -0.05) is 54.6 Å². The van der Waals surface area contributed by atoms with E-state index < -0.39 is 0 Å². The van der Waals surface area contributed by atoms with Gasteiger partial charge in [0.05, 0.1) is 16.9 Å². The third kappa shape index (κ3) is 2.52. The fourth-order valence-electron chi connectivity index (χ4n) is 5.02. The summed E-state index contributed by atoms with van der Waals surface area (Å²) < 4.78 is 0. The predicted octanol–water partition coefficient (Wildman–Crippen LogP) is 3.90. The van der Waals surface area contributed by atoms with Crippen LogP contribution in [0, 0.1) is 0 Å². The van der Waals surface area contributed by atoms with Crippen molar-refractivity contribution in [2.45, 2.75) is 18.6 Å². The van der Waals surface area contributed by atoms with Crippen LogP contribution in [0.3, 0.4) is 0 Å². The lowest BCUT2D eigenvalue weighted by Gasteiger charge is -2.26. The monoisotopic (exact) mass is 395 g/mol. The average molecular weight is 395 g/mol. The van der Waals surface area contributed by atoms with Crippen LogP contribution in [-0.2, 0) is 6.54 Å². The molecule has 5 heteroatoms. The summed E-state index contributed by atoms with van der Waals surface area (Å²) >= 11 is 0. The summed E-state index contributed by atoms with van der Waals surface area (Å²) in [5.41, 5.74) is 4.61. The molecule has 1 fully saturated rings. The van der Waals surface area contributed by atoms with E-state index in [2.05, 4.69) is 39.8 Å². The molecule has 0 aromatic heterocycles. The number of anilines is 2. The summed E-state index contributed by atoms with van der Waals surface area (Å²) in [7, 11) is 0. The zero-order chi connectivity index (χ0) is 20.3. The van der Waals surface area contributed by atoms with Gasteiger partial charge in [0.25, 0.3) is 0 Å². The minimum Gasteiger partial charge on any atom is -0.360 e. The number of nitrogens with one attached hydrogen (secondary N) is 2. The Morgan fingerprint density at radius 1 is 0.800 bits per heavy atom. The summed E-state index contributed by atoms with van der Waals surface area (Å²) in [5, 5.41) is 7.23. The Morgan fingerprint density at radius 3 is 2.33 bits per heavy atom. The first-order chi connectivity index (χ1) is 14.6. The van der Waals surface area contributed by atoms with Crippen LogP contribution in [-0.4, -0.2) is 35.2 Å². The molecule has 1 aliphatic carbocycles. The van der Waals surface area contributed by atoms with E-state index in [1.807, 2.05) is 18.2 Å². The van der Waals surface area contributed by atoms with Crippen molar-refractivity contribution >= 4 is 22.9 Å². The quantitative estimate of drug-likeness (QED) is 0.539. The second kappa shape index (κ2) is 6.28. The van der Waals surface area contributed by atoms with Crippen LogP contribution in [0.25, 0.3) is 0 Å². The number of ketones is 2. The second-order valence-corrected chi connectivity index (χ2v) is 8.39. The Hall–Kier alpha value is -3.44. The Labute approximate surface area is 174 Å². The van der Waals surface area contributed by atoms with E-state index in [-0.39, 0.29) is 17.2 Å². The van der Waals surface area contributed by atoms with Crippen LogP contribution < -0.4 is 10.6 Å². The highest BCUT2D eigenvalue weighted by Gasteiger charge is 2.45. The first-order valence-electron chi connectivity index (χ1n) is 10.3. The zero-order valence-electron chi connectivity index (χ0n) is 16.4. The molecule has 30 heavy (non-hydrogen) atoms. The molecule has 0 bridgehead atoms. The van der Waals surface area contributed by atoms with Crippen LogP contribution >= 0.6 is 0 Å². The molecule has 2 N–H and O–H groups in total. The molecule has 3 aliphatic rings. The van der Waals surface area contributed by atoms with Gasteiger partial charge in [-0.15, -0.1) is 0 Å². The average Bonchev–Trinajstić information content (AvgIpc) is 3.34. The highest BCUT2D eigenvalue weighted by molar-refractivity contribution is 6.31. The molecule has 2 aliphatic heterocycles. The van der Waals surface area contributed by atoms with Crippen LogP contribution in [0.15, 0.2) is 66.7 Å². The molecule has 3 aromatic carbocycles. The Morgan fingerprint density at radius 2 is 1.53 bits per heavy atom. The number of hydrogen-bond donors (Lipinski definition) is 2. The summed E-state index contributed by atoms with van der Waals surface area (Å²) in [5.74, 6) is -0.162. The van der Waals surface area contributed by atoms with Crippen LogP contribution in [0.4, 0.5) is 11.4 Å². The molecule has 1 unspecified atom stereocenters. The predicted molar refractivity (Wildman–Crippen MR) is 116 cm³/mol. The van der Waals surface area contributed by atoms with E-state index in [1.165, 1.54) is 5.56 Å². The van der Waals surface area contributed by atoms with Gasteiger partial charge >= 0.3 is 0 Å². The van der Waals surface area contributed by atoms with E-state index in [0.29, 0.717) is 22.3 Å². The van der Waals surface area contributed by atoms with E-state index in [0.717, 1.165) is 37.4 Å². The van der Waals surface area contributed by atoms with Crippen molar-refractivity contribution in [3.05, 3.63) is 94.5 Å². The molecule has 6 rings (SSSR count). The normalized spacial score (nSPS) is 21.7. The lowest BCUT2D eigenvalue weighted by molar-refractivity contribution is 0.0979. The number of benzene rings is 3. The Bertz CT molecular complexity index is 1200. The van der Waals surface area contributed by atoms with Crippen molar-refractivity contribution in [2.24, 2.45) is 0 Å². The number of carbonyl (C=O) groups is 2. The van der Waals surface area contributed by atoms with Crippen molar-refractivity contribution < 1.29 is 9.59 Å². The van der Waals surface area contributed by atoms with E-state index >= 15 is 0 Å². The molecule has 2 heterocycles. The minimum absolute atomic E-state index is 0.0807. The van der Waals surface area contributed by atoms with Crippen LogP contribution in [0.1, 0.15) is 43.8 Å². The van der Waals surface area contributed by atoms with Gasteiger partial charge in [0.1, 0.15) is 5.66 Å². The maximum absolute atomic E-state index is 13.3. The number of carbonyl (C=O) groups excluding carboxylic acids is 2. The van der Waals surface area contributed by atoms with Gasteiger partial charge in [-0.05, 0) is 17.7 Å². The molecule has 0 radical (unpaired) electrons. The lowest BCUT2D eigenvalue weighted by Crippen LogP contribution is -2.44. The highest BCUT2D eigenvalue weighted by atomic mass is 16.1. The highest BCUT2D eigenvalue weighted by Crippen LogP contribution is 2.44. The lowest BCUT2D eigenvalue weighted by atomic mass is 9.83. The van der Waals surface area contributed by atoms with Gasteiger partial charge in [0.15, 0.2) is 11.6 Å². The van der Waals surface area contributed by atoms with Gasteiger partial charge in [-0.2, -0.15) is 0 Å². The van der Waals surface area contributed by atoms with Gasteiger partial charge < -0.3 is 10.6 Å². The third-order valence-corrected chi connectivity index (χ3v) is 6.43. The third-order valence-electron chi connectivity index (χ3n) is 6.43. The molecule has 0 amide bonds. The molecule has 5 nitrogen and oxygen atoms in total. The minimum atomic E-state index is -0.313. The van der Waals surface area contributed by atoms with Crippen molar-refractivity contribution in [2.75, 3.05) is 23.7 Å². The summed E-state index contributed by atoms with van der Waals surface area (Å²) in [6, 6.07) is 21.3. The molecule has 3 aromatic rings. The maximum atomic E-state index is 13.3. The standard InChI is InChI=1S/C25H21N3O2/c29-23-17-8-4-5-9-18(17)24(30)21-19(23)10-11-20-22(21)27-25(26-20)12-13-28(15-25)14-16-6-2-1-3-7-16/h1-11,26-27H,12-15H2. The van der Waals surface area contributed by atoms with E-state index in [1.54, 1.807) is 24.3 Å². The summed E-state index contributed by atoms with van der Waals surface area (Å²) in [6.45, 7) is 2.68. The second-order valence-electron chi connectivity index (χ2n) is 8.39. The van der Waals surface area contributed by atoms with Crippen molar-refractivity contribution in [3.63, 3.8) is 0 Å². The van der Waals surface area contributed by atoms with Crippen LogP contribution in [0.5, 0.6) is 0 Å². The largest absolute Gasteiger partial charge is 0.360 e. The number of rotatable bonds is 2. The Balaban J connectivity index is 1.32. The smallest absolute Gasteiger partial charge is 0.196 e. The number of likely N-dealkylation sites (tertiary alicyclic amines) is 1. The maximum Gasteiger partial charge on any atom is 0.196 e. The van der Waals surface area contributed by atoms with Crippen molar-refractivity contribution in [1.29, 1.82) is 0 Å².